The molecule has 5 heteroatoms. The molecular formula is C12H6Cl2N2S. The van der Waals surface area contributed by atoms with Crippen molar-refractivity contribution in [2.45, 2.75) is 0 Å². The molecule has 0 radical (unpaired) electrons. The van der Waals surface area contributed by atoms with Crippen molar-refractivity contribution < 1.29 is 0 Å². The van der Waals surface area contributed by atoms with Gasteiger partial charge in [-0.2, -0.15) is 11.3 Å². The van der Waals surface area contributed by atoms with Crippen LogP contribution in [0.2, 0.25) is 10.2 Å². The molecule has 0 N–H and O–H groups in total. The van der Waals surface area contributed by atoms with E-state index in [2.05, 4.69) is 9.97 Å². The first kappa shape index (κ1) is 11.0. The maximum atomic E-state index is 6.14. The summed E-state index contributed by atoms with van der Waals surface area (Å²) in [6, 6.07) is 7.45. The number of hydrogen-bond donors (Lipinski definition) is 0. The Hall–Kier alpha value is -1.16. The molecule has 2 nitrogen and oxygen atoms in total. The smallest absolute Gasteiger partial charge is 0.162 e. The molecule has 3 rings (SSSR count). The van der Waals surface area contributed by atoms with Gasteiger partial charge in [0.05, 0.1) is 10.5 Å². The van der Waals surface area contributed by atoms with Gasteiger partial charge in [-0.15, -0.1) is 0 Å². The van der Waals surface area contributed by atoms with Crippen LogP contribution in [0, 0.1) is 0 Å². The maximum Gasteiger partial charge on any atom is 0.162 e. The Morgan fingerprint density at radius 3 is 2.71 bits per heavy atom. The predicted octanol–water partition coefficient (Wildman–Crippen LogP) is 4.67. The minimum Gasteiger partial charge on any atom is -0.226 e. The highest BCUT2D eigenvalue weighted by atomic mass is 35.5. The van der Waals surface area contributed by atoms with Crippen molar-refractivity contribution in [1.29, 1.82) is 0 Å². The lowest BCUT2D eigenvalue weighted by Crippen LogP contribution is -1.91. The fourth-order valence-electron chi connectivity index (χ4n) is 1.60. The Balaban J connectivity index is 2.34. The Morgan fingerprint density at radius 2 is 1.94 bits per heavy atom. The van der Waals surface area contributed by atoms with Crippen LogP contribution in [0.3, 0.4) is 0 Å². The zero-order valence-corrected chi connectivity index (χ0v) is 10.9. The van der Waals surface area contributed by atoms with Crippen molar-refractivity contribution in [2.75, 3.05) is 0 Å². The van der Waals surface area contributed by atoms with Crippen molar-refractivity contribution in [3.05, 3.63) is 45.2 Å². The molecule has 0 amide bonds. The van der Waals surface area contributed by atoms with Crippen LogP contribution in [0.5, 0.6) is 0 Å². The highest BCUT2D eigenvalue weighted by Gasteiger charge is 2.10. The number of halogens is 2. The van der Waals surface area contributed by atoms with Gasteiger partial charge in [0.1, 0.15) is 5.15 Å². The van der Waals surface area contributed by atoms with Crippen LogP contribution in [0.4, 0.5) is 0 Å². The summed E-state index contributed by atoms with van der Waals surface area (Å²) in [6.07, 6.45) is 0. The van der Waals surface area contributed by atoms with Crippen molar-refractivity contribution in [3.8, 4) is 11.4 Å². The van der Waals surface area contributed by atoms with E-state index >= 15 is 0 Å². The van der Waals surface area contributed by atoms with E-state index in [1.54, 1.807) is 17.4 Å². The molecule has 0 aliphatic rings. The number of benzene rings is 1. The molecule has 0 spiro atoms. The summed E-state index contributed by atoms with van der Waals surface area (Å²) in [5.41, 5.74) is 1.65. The summed E-state index contributed by atoms with van der Waals surface area (Å²) in [5, 5.41) is 5.75. The summed E-state index contributed by atoms with van der Waals surface area (Å²) in [5.74, 6) is 0.608. The predicted molar refractivity (Wildman–Crippen MR) is 72.9 cm³/mol. The number of aromatic nitrogens is 2. The lowest BCUT2D eigenvalue weighted by Gasteiger charge is -2.04. The number of rotatable bonds is 1. The summed E-state index contributed by atoms with van der Waals surface area (Å²) in [6.45, 7) is 0. The van der Waals surface area contributed by atoms with Crippen molar-refractivity contribution in [1.82, 2.24) is 9.97 Å². The Kier molecular flexibility index (Phi) is 2.74. The molecule has 0 bridgehead atoms. The minimum absolute atomic E-state index is 0.429. The SMILES string of the molecule is Clc1nc(-c2ccsc2)nc2c(Cl)cccc12. The molecule has 0 aliphatic carbocycles. The molecule has 0 aliphatic heterocycles. The Morgan fingerprint density at radius 1 is 1.06 bits per heavy atom. The van der Waals surface area contributed by atoms with E-state index in [0.29, 0.717) is 21.5 Å². The molecule has 3 aromatic rings. The summed E-state index contributed by atoms with van der Waals surface area (Å²) < 4.78 is 0. The molecule has 0 saturated carbocycles. The van der Waals surface area contributed by atoms with Gasteiger partial charge < -0.3 is 0 Å². The number of fused-ring (bicyclic) bond motifs is 1. The second kappa shape index (κ2) is 4.26. The zero-order chi connectivity index (χ0) is 11.8. The summed E-state index contributed by atoms with van der Waals surface area (Å²) in [4.78, 5) is 8.74. The lowest BCUT2D eigenvalue weighted by atomic mass is 10.2. The molecule has 0 atom stereocenters. The molecule has 84 valence electrons. The number of para-hydroxylation sites is 1. The number of hydrogen-bond acceptors (Lipinski definition) is 3. The minimum atomic E-state index is 0.429. The van der Waals surface area contributed by atoms with Gasteiger partial charge in [-0.3, -0.25) is 0 Å². The van der Waals surface area contributed by atoms with Gasteiger partial charge in [-0.05, 0) is 23.6 Å². The third-order valence-electron chi connectivity index (χ3n) is 2.41. The molecule has 1 aromatic carbocycles. The van der Waals surface area contributed by atoms with E-state index in [-0.39, 0.29) is 0 Å². The van der Waals surface area contributed by atoms with Gasteiger partial charge in [0.15, 0.2) is 5.82 Å². The van der Waals surface area contributed by atoms with Gasteiger partial charge in [-0.1, -0.05) is 29.3 Å². The Labute approximate surface area is 112 Å². The second-order valence-corrected chi connectivity index (χ2v) is 5.03. The third-order valence-corrected chi connectivity index (χ3v) is 3.69. The first-order valence-electron chi connectivity index (χ1n) is 4.90. The fourth-order valence-corrected chi connectivity index (χ4v) is 2.68. The fraction of sp³-hybridized carbons (Fsp3) is 0. The highest BCUT2D eigenvalue weighted by Crippen LogP contribution is 2.29. The molecule has 0 saturated heterocycles. The van der Waals surface area contributed by atoms with Crippen LogP contribution in [0.1, 0.15) is 0 Å². The normalized spacial score (nSPS) is 10.9. The molecule has 2 heterocycles. The third kappa shape index (κ3) is 1.90. The molecule has 17 heavy (non-hydrogen) atoms. The molecule has 2 aromatic heterocycles. The van der Waals surface area contributed by atoms with Crippen LogP contribution in [-0.2, 0) is 0 Å². The number of thiophene rings is 1. The Bertz CT molecular complexity index is 680. The van der Waals surface area contributed by atoms with E-state index in [1.165, 1.54) is 0 Å². The van der Waals surface area contributed by atoms with Gasteiger partial charge in [0.25, 0.3) is 0 Å². The largest absolute Gasteiger partial charge is 0.226 e. The molecular weight excluding hydrogens is 275 g/mol. The standard InChI is InChI=1S/C12H6Cl2N2S/c13-9-3-1-2-8-10(9)15-12(16-11(8)14)7-4-5-17-6-7/h1-6H. The average Bonchev–Trinajstić information content (AvgIpc) is 2.84. The highest BCUT2D eigenvalue weighted by molar-refractivity contribution is 7.08. The molecule has 0 unspecified atom stereocenters. The quantitative estimate of drug-likeness (QED) is 0.606. The topological polar surface area (TPSA) is 25.8 Å². The van der Waals surface area contributed by atoms with Gasteiger partial charge >= 0.3 is 0 Å². The van der Waals surface area contributed by atoms with Crippen molar-refractivity contribution >= 4 is 45.4 Å². The van der Waals surface area contributed by atoms with Crippen LogP contribution < -0.4 is 0 Å². The number of nitrogens with zero attached hydrogens (tertiary/aromatic N) is 2. The summed E-state index contributed by atoms with van der Waals surface area (Å²) in [7, 11) is 0. The first-order valence-corrected chi connectivity index (χ1v) is 6.60. The lowest BCUT2D eigenvalue weighted by molar-refractivity contribution is 1.23. The zero-order valence-electron chi connectivity index (χ0n) is 8.52. The monoisotopic (exact) mass is 280 g/mol. The van der Waals surface area contributed by atoms with Crippen molar-refractivity contribution in [2.24, 2.45) is 0 Å². The van der Waals surface area contributed by atoms with Crippen LogP contribution in [0.15, 0.2) is 35.0 Å². The van der Waals surface area contributed by atoms with E-state index in [1.807, 2.05) is 29.0 Å². The van der Waals surface area contributed by atoms with Gasteiger partial charge in [0.2, 0.25) is 0 Å². The molecule has 0 fully saturated rings. The van der Waals surface area contributed by atoms with Crippen molar-refractivity contribution in [3.63, 3.8) is 0 Å². The summed E-state index contributed by atoms with van der Waals surface area (Å²) >= 11 is 13.9. The van der Waals surface area contributed by atoms with Crippen LogP contribution >= 0.6 is 34.5 Å². The van der Waals surface area contributed by atoms with E-state index in [0.717, 1.165) is 10.9 Å². The average molecular weight is 281 g/mol. The van der Waals surface area contributed by atoms with E-state index in [4.69, 9.17) is 23.2 Å². The van der Waals surface area contributed by atoms with Gasteiger partial charge in [-0.25, -0.2) is 9.97 Å². The maximum absolute atomic E-state index is 6.14. The van der Waals surface area contributed by atoms with E-state index < -0.39 is 0 Å². The first-order chi connectivity index (χ1) is 8.25. The second-order valence-electron chi connectivity index (χ2n) is 3.49. The van der Waals surface area contributed by atoms with Crippen LogP contribution in [0.25, 0.3) is 22.3 Å². The van der Waals surface area contributed by atoms with Gasteiger partial charge in [0, 0.05) is 16.3 Å². The van der Waals surface area contributed by atoms with Crippen LogP contribution in [-0.4, -0.2) is 9.97 Å². The van der Waals surface area contributed by atoms with E-state index in [9.17, 15) is 0 Å².